The standard InChI is InChI=1S/C12H20O2/c1-3-5-6-7-11(13)12-9-8-10(4-2)14-12/h8-9,11,13H,3-7H2,1-2H3. The van der Waals surface area contributed by atoms with Gasteiger partial charge in [0.2, 0.25) is 0 Å². The summed E-state index contributed by atoms with van der Waals surface area (Å²) >= 11 is 0. The van der Waals surface area contributed by atoms with Crippen molar-refractivity contribution in [1.29, 1.82) is 0 Å². The Hall–Kier alpha value is -0.760. The molecule has 1 unspecified atom stereocenters. The smallest absolute Gasteiger partial charge is 0.132 e. The summed E-state index contributed by atoms with van der Waals surface area (Å²) in [4.78, 5) is 0. The fourth-order valence-corrected chi connectivity index (χ4v) is 1.49. The molecule has 0 aliphatic heterocycles. The molecule has 0 aliphatic carbocycles. The number of aryl methyl sites for hydroxylation is 1. The van der Waals surface area contributed by atoms with Crippen LogP contribution >= 0.6 is 0 Å². The van der Waals surface area contributed by atoms with Gasteiger partial charge in [0.25, 0.3) is 0 Å². The van der Waals surface area contributed by atoms with Gasteiger partial charge in [-0.1, -0.05) is 33.1 Å². The van der Waals surface area contributed by atoms with E-state index in [0.29, 0.717) is 0 Å². The number of unbranched alkanes of at least 4 members (excludes halogenated alkanes) is 2. The van der Waals surface area contributed by atoms with E-state index in [1.165, 1.54) is 12.8 Å². The molecular formula is C12H20O2. The molecule has 1 aromatic heterocycles. The van der Waals surface area contributed by atoms with Crippen molar-refractivity contribution in [2.24, 2.45) is 0 Å². The molecule has 1 N–H and O–H groups in total. The third-order valence-electron chi connectivity index (χ3n) is 2.44. The Bertz CT molecular complexity index is 253. The first-order valence-electron chi connectivity index (χ1n) is 5.54. The molecule has 80 valence electrons. The van der Waals surface area contributed by atoms with Gasteiger partial charge in [-0.05, 0) is 18.6 Å². The fourth-order valence-electron chi connectivity index (χ4n) is 1.49. The number of hydrogen-bond donors (Lipinski definition) is 1. The van der Waals surface area contributed by atoms with Crippen LogP contribution in [-0.2, 0) is 6.42 Å². The van der Waals surface area contributed by atoms with Crippen LogP contribution in [0.5, 0.6) is 0 Å². The Morgan fingerprint density at radius 1 is 1.29 bits per heavy atom. The van der Waals surface area contributed by atoms with E-state index in [4.69, 9.17) is 4.42 Å². The summed E-state index contributed by atoms with van der Waals surface area (Å²) in [6, 6.07) is 3.83. The van der Waals surface area contributed by atoms with Crippen molar-refractivity contribution in [2.45, 2.75) is 52.1 Å². The molecule has 0 aliphatic rings. The zero-order valence-electron chi connectivity index (χ0n) is 9.12. The third kappa shape index (κ3) is 3.18. The van der Waals surface area contributed by atoms with Crippen molar-refractivity contribution in [3.05, 3.63) is 23.7 Å². The number of furan rings is 1. The summed E-state index contributed by atoms with van der Waals surface area (Å²) in [6.45, 7) is 4.21. The summed E-state index contributed by atoms with van der Waals surface area (Å²) in [5, 5.41) is 9.76. The van der Waals surface area contributed by atoms with Crippen LogP contribution < -0.4 is 0 Å². The molecule has 0 bridgehead atoms. The molecular weight excluding hydrogens is 176 g/mol. The zero-order chi connectivity index (χ0) is 10.4. The van der Waals surface area contributed by atoms with Crippen molar-refractivity contribution < 1.29 is 9.52 Å². The van der Waals surface area contributed by atoms with E-state index in [9.17, 15) is 5.11 Å². The second-order valence-corrected chi connectivity index (χ2v) is 3.67. The van der Waals surface area contributed by atoms with Gasteiger partial charge in [-0.25, -0.2) is 0 Å². The van der Waals surface area contributed by atoms with Crippen LogP contribution in [0.3, 0.4) is 0 Å². The minimum atomic E-state index is -0.415. The first-order chi connectivity index (χ1) is 6.77. The Labute approximate surface area is 85.9 Å². The lowest BCUT2D eigenvalue weighted by atomic mass is 10.1. The van der Waals surface area contributed by atoms with Crippen LogP contribution in [0.15, 0.2) is 16.5 Å². The van der Waals surface area contributed by atoms with Crippen LogP contribution in [0.2, 0.25) is 0 Å². The van der Waals surface area contributed by atoms with Gasteiger partial charge in [0.1, 0.15) is 17.6 Å². The highest BCUT2D eigenvalue weighted by Gasteiger charge is 2.10. The van der Waals surface area contributed by atoms with Crippen molar-refractivity contribution in [3.63, 3.8) is 0 Å². The van der Waals surface area contributed by atoms with Gasteiger partial charge in [0, 0.05) is 6.42 Å². The van der Waals surface area contributed by atoms with E-state index < -0.39 is 6.10 Å². The van der Waals surface area contributed by atoms with E-state index >= 15 is 0 Å². The van der Waals surface area contributed by atoms with Crippen molar-refractivity contribution in [1.82, 2.24) is 0 Å². The maximum Gasteiger partial charge on any atom is 0.132 e. The predicted molar refractivity (Wildman–Crippen MR) is 57.2 cm³/mol. The van der Waals surface area contributed by atoms with Crippen LogP contribution in [0.25, 0.3) is 0 Å². The molecule has 2 nitrogen and oxygen atoms in total. The highest BCUT2D eigenvalue weighted by Crippen LogP contribution is 2.21. The van der Waals surface area contributed by atoms with Gasteiger partial charge >= 0.3 is 0 Å². The van der Waals surface area contributed by atoms with Crippen molar-refractivity contribution in [3.8, 4) is 0 Å². The topological polar surface area (TPSA) is 33.4 Å². The first-order valence-corrected chi connectivity index (χ1v) is 5.54. The van der Waals surface area contributed by atoms with E-state index in [2.05, 4.69) is 6.92 Å². The highest BCUT2D eigenvalue weighted by atomic mass is 16.4. The lowest BCUT2D eigenvalue weighted by Crippen LogP contribution is -1.95. The Balaban J connectivity index is 2.39. The average molecular weight is 196 g/mol. The van der Waals surface area contributed by atoms with E-state index in [0.717, 1.165) is 30.8 Å². The van der Waals surface area contributed by atoms with Crippen molar-refractivity contribution >= 4 is 0 Å². The minimum absolute atomic E-state index is 0.415. The van der Waals surface area contributed by atoms with Gasteiger partial charge < -0.3 is 9.52 Å². The Morgan fingerprint density at radius 3 is 2.64 bits per heavy atom. The largest absolute Gasteiger partial charge is 0.463 e. The molecule has 0 spiro atoms. The third-order valence-corrected chi connectivity index (χ3v) is 2.44. The summed E-state index contributed by atoms with van der Waals surface area (Å²) in [5.74, 6) is 1.67. The number of aliphatic hydroxyl groups excluding tert-OH is 1. The van der Waals surface area contributed by atoms with E-state index in [1.54, 1.807) is 0 Å². The number of rotatable bonds is 6. The molecule has 1 atom stereocenters. The zero-order valence-corrected chi connectivity index (χ0v) is 9.12. The average Bonchev–Trinajstić information content (AvgIpc) is 2.66. The summed E-state index contributed by atoms with van der Waals surface area (Å²) < 4.78 is 5.48. The van der Waals surface area contributed by atoms with Crippen LogP contribution in [-0.4, -0.2) is 5.11 Å². The van der Waals surface area contributed by atoms with Crippen LogP contribution in [0.1, 0.15) is 57.2 Å². The quantitative estimate of drug-likeness (QED) is 0.707. The summed E-state index contributed by atoms with van der Waals surface area (Å²) in [7, 11) is 0. The van der Waals surface area contributed by atoms with Gasteiger partial charge in [0.05, 0.1) is 0 Å². The highest BCUT2D eigenvalue weighted by molar-refractivity contribution is 5.09. The molecule has 1 heterocycles. The SMILES string of the molecule is CCCCCC(O)c1ccc(CC)o1. The number of aliphatic hydroxyl groups is 1. The molecule has 1 aromatic rings. The molecule has 0 saturated carbocycles. The molecule has 0 amide bonds. The van der Waals surface area contributed by atoms with E-state index in [-0.39, 0.29) is 0 Å². The molecule has 14 heavy (non-hydrogen) atoms. The van der Waals surface area contributed by atoms with Gasteiger partial charge in [-0.15, -0.1) is 0 Å². The molecule has 2 heteroatoms. The monoisotopic (exact) mass is 196 g/mol. The minimum Gasteiger partial charge on any atom is -0.463 e. The van der Waals surface area contributed by atoms with Crippen molar-refractivity contribution in [2.75, 3.05) is 0 Å². The lowest BCUT2D eigenvalue weighted by molar-refractivity contribution is 0.135. The van der Waals surface area contributed by atoms with Gasteiger partial charge in [0.15, 0.2) is 0 Å². The Morgan fingerprint density at radius 2 is 2.07 bits per heavy atom. The fraction of sp³-hybridized carbons (Fsp3) is 0.667. The predicted octanol–water partition coefficient (Wildman–Crippen LogP) is 3.46. The molecule has 0 fully saturated rings. The second-order valence-electron chi connectivity index (χ2n) is 3.67. The maximum absolute atomic E-state index is 9.76. The van der Waals surface area contributed by atoms with E-state index in [1.807, 2.05) is 19.1 Å². The van der Waals surface area contributed by atoms with Crippen LogP contribution in [0, 0.1) is 0 Å². The van der Waals surface area contributed by atoms with Gasteiger partial charge in [-0.2, -0.15) is 0 Å². The molecule has 0 radical (unpaired) electrons. The maximum atomic E-state index is 9.76. The first kappa shape index (κ1) is 11.3. The molecule has 0 aromatic carbocycles. The summed E-state index contributed by atoms with van der Waals surface area (Å²) in [5.41, 5.74) is 0. The summed E-state index contributed by atoms with van der Waals surface area (Å²) in [6.07, 6.45) is 4.72. The molecule has 1 rings (SSSR count). The normalized spacial score (nSPS) is 13.1. The van der Waals surface area contributed by atoms with Gasteiger partial charge in [-0.3, -0.25) is 0 Å². The van der Waals surface area contributed by atoms with Crippen LogP contribution in [0.4, 0.5) is 0 Å². The second kappa shape index (κ2) is 5.86. The lowest BCUT2D eigenvalue weighted by Gasteiger charge is -2.06. The Kier molecular flexibility index (Phi) is 4.74. The molecule has 0 saturated heterocycles. The number of hydrogen-bond acceptors (Lipinski definition) is 2.